The lowest BCUT2D eigenvalue weighted by molar-refractivity contribution is -0.154. The maximum absolute atomic E-state index is 12.5. The van der Waals surface area contributed by atoms with Crippen LogP contribution in [0.4, 0.5) is 0 Å². The van der Waals surface area contributed by atoms with Gasteiger partial charge in [0, 0.05) is 19.7 Å². The number of hydrogen-bond donors (Lipinski definition) is 0. The van der Waals surface area contributed by atoms with Crippen molar-refractivity contribution >= 4 is 18.0 Å². The third-order valence-corrected chi connectivity index (χ3v) is 4.54. The number of benzene rings is 2. The second-order valence-electron chi connectivity index (χ2n) is 6.84. The number of amides is 1. The maximum Gasteiger partial charge on any atom is 0.331 e. The molecule has 0 radical (unpaired) electrons. The number of carbonyl (C=O) groups excluding carboxylic acids is 2. The third-order valence-electron chi connectivity index (χ3n) is 4.54. The number of ether oxygens (including phenoxy) is 4. The Balaban J connectivity index is 1.59. The topological polar surface area (TPSA) is 74.3 Å². The zero-order valence-corrected chi connectivity index (χ0v) is 17.3. The van der Waals surface area contributed by atoms with Crippen molar-refractivity contribution in [2.45, 2.75) is 19.6 Å². The van der Waals surface area contributed by atoms with Gasteiger partial charge in [-0.25, -0.2) is 4.79 Å². The Morgan fingerprint density at radius 2 is 1.90 bits per heavy atom. The van der Waals surface area contributed by atoms with Gasteiger partial charge in [-0.2, -0.15) is 0 Å². The van der Waals surface area contributed by atoms with E-state index >= 15 is 0 Å². The van der Waals surface area contributed by atoms with E-state index in [9.17, 15) is 9.59 Å². The van der Waals surface area contributed by atoms with Crippen molar-refractivity contribution < 1.29 is 28.5 Å². The van der Waals surface area contributed by atoms with Crippen LogP contribution in [0.5, 0.6) is 17.2 Å². The first-order chi connectivity index (χ1) is 14.5. The Kier molecular flexibility index (Phi) is 6.95. The van der Waals surface area contributed by atoms with Crippen molar-refractivity contribution in [2.75, 3.05) is 27.4 Å². The van der Waals surface area contributed by atoms with E-state index in [0.29, 0.717) is 42.6 Å². The first kappa shape index (κ1) is 21.2. The van der Waals surface area contributed by atoms with E-state index in [1.54, 1.807) is 32.2 Å². The standard InChI is InChI=1S/C23H25NO6/c1-16(23(26)24(2)15-17-7-5-4-6-8-17)30-21(25)10-9-18-13-19(27-3)22-20(14-18)28-11-12-29-22/h4-10,13-14,16H,11-12,15H2,1-3H3/b10-9+/t16-/m1/s1. The third kappa shape index (κ3) is 5.31. The number of methoxy groups -OCH3 is 1. The highest BCUT2D eigenvalue weighted by Gasteiger charge is 2.21. The summed E-state index contributed by atoms with van der Waals surface area (Å²) in [6.45, 7) is 2.90. The fraction of sp³-hybridized carbons (Fsp3) is 0.304. The van der Waals surface area contributed by atoms with Gasteiger partial charge in [0.1, 0.15) is 13.2 Å². The van der Waals surface area contributed by atoms with Gasteiger partial charge in [-0.05, 0) is 36.3 Å². The number of esters is 1. The van der Waals surface area contributed by atoms with E-state index in [2.05, 4.69) is 0 Å². The van der Waals surface area contributed by atoms with Gasteiger partial charge in [0.15, 0.2) is 17.6 Å². The quantitative estimate of drug-likeness (QED) is 0.515. The Morgan fingerprint density at radius 3 is 2.63 bits per heavy atom. The summed E-state index contributed by atoms with van der Waals surface area (Å²) < 4.78 is 21.7. The molecule has 1 atom stereocenters. The van der Waals surface area contributed by atoms with Crippen molar-refractivity contribution in [1.29, 1.82) is 0 Å². The molecular formula is C23H25NO6. The molecule has 0 aliphatic carbocycles. The van der Waals surface area contributed by atoms with Crippen LogP contribution in [0.25, 0.3) is 6.08 Å². The summed E-state index contributed by atoms with van der Waals surface area (Å²) in [6.07, 6.45) is 1.95. The molecule has 2 aromatic rings. The average Bonchev–Trinajstić information content (AvgIpc) is 2.77. The molecule has 1 aliphatic heterocycles. The van der Waals surface area contributed by atoms with Crippen molar-refractivity contribution in [3.63, 3.8) is 0 Å². The number of hydrogen-bond acceptors (Lipinski definition) is 6. The Morgan fingerprint density at radius 1 is 1.17 bits per heavy atom. The van der Waals surface area contributed by atoms with Crippen molar-refractivity contribution in [3.05, 3.63) is 59.7 Å². The first-order valence-corrected chi connectivity index (χ1v) is 9.63. The SMILES string of the molecule is COc1cc(/C=C/C(=O)O[C@H](C)C(=O)N(C)Cc2ccccc2)cc2c1OCCO2. The van der Waals surface area contributed by atoms with Gasteiger partial charge in [-0.3, -0.25) is 4.79 Å². The molecule has 30 heavy (non-hydrogen) atoms. The summed E-state index contributed by atoms with van der Waals surface area (Å²) in [5, 5.41) is 0. The highest BCUT2D eigenvalue weighted by molar-refractivity contribution is 5.90. The lowest BCUT2D eigenvalue weighted by Crippen LogP contribution is -2.36. The van der Waals surface area contributed by atoms with Gasteiger partial charge < -0.3 is 23.8 Å². The van der Waals surface area contributed by atoms with Crippen LogP contribution in [-0.2, 0) is 20.9 Å². The summed E-state index contributed by atoms with van der Waals surface area (Å²) >= 11 is 0. The molecule has 0 aromatic heterocycles. The molecule has 7 heteroatoms. The summed E-state index contributed by atoms with van der Waals surface area (Å²) in [7, 11) is 3.21. The van der Waals surface area contributed by atoms with Crippen LogP contribution < -0.4 is 14.2 Å². The minimum atomic E-state index is -0.898. The smallest absolute Gasteiger partial charge is 0.331 e. The molecule has 1 heterocycles. The second kappa shape index (κ2) is 9.82. The van der Waals surface area contributed by atoms with E-state index in [4.69, 9.17) is 18.9 Å². The molecule has 7 nitrogen and oxygen atoms in total. The highest BCUT2D eigenvalue weighted by atomic mass is 16.6. The van der Waals surface area contributed by atoms with Crippen LogP contribution >= 0.6 is 0 Å². The Bertz CT molecular complexity index is 908. The minimum absolute atomic E-state index is 0.276. The predicted octanol–water partition coefficient (Wildman–Crippen LogP) is 3.07. The molecule has 0 N–H and O–H groups in total. The van der Waals surface area contributed by atoms with Crippen molar-refractivity contribution in [2.24, 2.45) is 0 Å². The zero-order chi connectivity index (χ0) is 21.5. The summed E-state index contributed by atoms with van der Waals surface area (Å²) in [6, 6.07) is 13.1. The number of nitrogens with zero attached hydrogens (tertiary/aromatic N) is 1. The molecule has 0 bridgehead atoms. The van der Waals surface area contributed by atoms with Crippen LogP contribution in [0.3, 0.4) is 0 Å². The molecule has 3 rings (SSSR count). The normalized spacial score (nSPS) is 13.6. The average molecular weight is 411 g/mol. The zero-order valence-electron chi connectivity index (χ0n) is 17.3. The Hall–Kier alpha value is -3.48. The number of carbonyl (C=O) groups is 2. The van der Waals surface area contributed by atoms with Crippen LogP contribution in [0.1, 0.15) is 18.1 Å². The van der Waals surface area contributed by atoms with Crippen molar-refractivity contribution in [1.82, 2.24) is 4.90 Å². The predicted molar refractivity (Wildman–Crippen MR) is 111 cm³/mol. The number of rotatable bonds is 7. The van der Waals surface area contributed by atoms with Crippen molar-refractivity contribution in [3.8, 4) is 17.2 Å². The van der Waals surface area contributed by atoms with Crippen LogP contribution in [0.15, 0.2) is 48.5 Å². The van der Waals surface area contributed by atoms with E-state index in [-0.39, 0.29) is 5.91 Å². The Labute approximate surface area is 175 Å². The molecular weight excluding hydrogens is 386 g/mol. The molecule has 2 aromatic carbocycles. The molecule has 0 saturated carbocycles. The van der Waals surface area contributed by atoms with Crippen LogP contribution in [0.2, 0.25) is 0 Å². The van der Waals surface area contributed by atoms with Gasteiger partial charge in [-0.15, -0.1) is 0 Å². The highest BCUT2D eigenvalue weighted by Crippen LogP contribution is 2.40. The van der Waals surface area contributed by atoms with Gasteiger partial charge in [-0.1, -0.05) is 30.3 Å². The molecule has 1 amide bonds. The van der Waals surface area contributed by atoms with E-state index in [1.165, 1.54) is 18.1 Å². The van der Waals surface area contributed by atoms with Gasteiger partial charge >= 0.3 is 5.97 Å². The van der Waals surface area contributed by atoms with Gasteiger partial charge in [0.25, 0.3) is 5.91 Å². The molecule has 0 spiro atoms. The lowest BCUT2D eigenvalue weighted by atomic mass is 10.1. The minimum Gasteiger partial charge on any atom is -0.493 e. The lowest BCUT2D eigenvalue weighted by Gasteiger charge is -2.21. The second-order valence-corrected chi connectivity index (χ2v) is 6.84. The van der Waals surface area contributed by atoms with E-state index in [1.807, 2.05) is 30.3 Å². The van der Waals surface area contributed by atoms with Crippen LogP contribution in [0, 0.1) is 0 Å². The van der Waals surface area contributed by atoms with Crippen LogP contribution in [-0.4, -0.2) is 50.3 Å². The fourth-order valence-electron chi connectivity index (χ4n) is 3.06. The largest absolute Gasteiger partial charge is 0.493 e. The number of fused-ring (bicyclic) bond motifs is 1. The first-order valence-electron chi connectivity index (χ1n) is 9.63. The molecule has 0 saturated heterocycles. The summed E-state index contributed by atoms with van der Waals surface area (Å²) in [5.74, 6) is 0.731. The monoisotopic (exact) mass is 411 g/mol. The van der Waals surface area contributed by atoms with Gasteiger partial charge in [0.2, 0.25) is 5.75 Å². The summed E-state index contributed by atoms with van der Waals surface area (Å²) in [4.78, 5) is 26.2. The molecule has 0 unspecified atom stereocenters. The van der Waals surface area contributed by atoms with E-state index in [0.717, 1.165) is 5.56 Å². The van der Waals surface area contributed by atoms with Gasteiger partial charge in [0.05, 0.1) is 7.11 Å². The van der Waals surface area contributed by atoms with E-state index < -0.39 is 12.1 Å². The summed E-state index contributed by atoms with van der Waals surface area (Å²) in [5.41, 5.74) is 1.69. The molecule has 158 valence electrons. The number of likely N-dealkylation sites (N-methyl/N-ethyl adjacent to an activating group) is 1. The molecule has 1 aliphatic rings. The fourth-order valence-corrected chi connectivity index (χ4v) is 3.06. The maximum atomic E-state index is 12.5. The molecule has 0 fully saturated rings.